The molecule has 17 heavy (non-hydrogen) atoms. The van der Waals surface area contributed by atoms with E-state index in [1.54, 1.807) is 10.4 Å². The molecule has 2 aliphatic rings. The molecule has 0 amide bonds. The van der Waals surface area contributed by atoms with Gasteiger partial charge in [-0.3, -0.25) is 0 Å². The number of rotatable bonds is 2. The third kappa shape index (κ3) is 2.75. The van der Waals surface area contributed by atoms with E-state index in [1.807, 2.05) is 11.3 Å². The number of hydrogen-bond donors (Lipinski definition) is 1. The summed E-state index contributed by atoms with van der Waals surface area (Å²) in [4.78, 5) is 1.58. The molecule has 1 aromatic heterocycles. The van der Waals surface area contributed by atoms with Crippen LogP contribution < -0.4 is 5.32 Å². The molecule has 1 saturated heterocycles. The van der Waals surface area contributed by atoms with Crippen LogP contribution >= 0.6 is 27.3 Å². The topological polar surface area (TPSA) is 21.3 Å². The van der Waals surface area contributed by atoms with Crippen LogP contribution in [-0.2, 0) is 11.2 Å². The SMILES string of the molecule is Brc1cc2c(s1)CCCC2NC1CCOCC1. The molecule has 0 radical (unpaired) electrons. The van der Waals surface area contributed by atoms with E-state index in [4.69, 9.17) is 4.74 Å². The summed E-state index contributed by atoms with van der Waals surface area (Å²) in [5, 5.41) is 3.83. The molecule has 0 aromatic carbocycles. The van der Waals surface area contributed by atoms with E-state index >= 15 is 0 Å². The maximum Gasteiger partial charge on any atom is 0.0704 e. The molecule has 1 fully saturated rings. The van der Waals surface area contributed by atoms with Gasteiger partial charge in [0.15, 0.2) is 0 Å². The first-order valence-electron chi connectivity index (χ1n) is 6.45. The highest BCUT2D eigenvalue weighted by molar-refractivity contribution is 9.11. The molecule has 0 bridgehead atoms. The van der Waals surface area contributed by atoms with E-state index in [9.17, 15) is 0 Å². The van der Waals surface area contributed by atoms with E-state index in [0.29, 0.717) is 12.1 Å². The van der Waals surface area contributed by atoms with Gasteiger partial charge in [-0.05, 0) is 59.7 Å². The Morgan fingerprint density at radius 1 is 1.29 bits per heavy atom. The first kappa shape index (κ1) is 12.2. The maximum atomic E-state index is 5.42. The molecule has 2 nitrogen and oxygen atoms in total. The van der Waals surface area contributed by atoms with Crippen LogP contribution in [0.1, 0.15) is 42.2 Å². The van der Waals surface area contributed by atoms with Gasteiger partial charge in [-0.2, -0.15) is 0 Å². The molecule has 4 heteroatoms. The van der Waals surface area contributed by atoms with Gasteiger partial charge < -0.3 is 10.1 Å². The quantitative estimate of drug-likeness (QED) is 0.899. The Morgan fingerprint density at radius 3 is 2.94 bits per heavy atom. The van der Waals surface area contributed by atoms with Gasteiger partial charge in [-0.1, -0.05) is 0 Å². The van der Waals surface area contributed by atoms with Crippen molar-refractivity contribution in [3.05, 3.63) is 20.3 Å². The van der Waals surface area contributed by atoms with E-state index in [2.05, 4.69) is 27.3 Å². The predicted molar refractivity (Wildman–Crippen MR) is 74.7 cm³/mol. The van der Waals surface area contributed by atoms with E-state index in [0.717, 1.165) is 26.1 Å². The lowest BCUT2D eigenvalue weighted by atomic mass is 9.92. The summed E-state index contributed by atoms with van der Waals surface area (Å²) in [7, 11) is 0. The van der Waals surface area contributed by atoms with Crippen molar-refractivity contribution in [1.82, 2.24) is 5.32 Å². The van der Waals surface area contributed by atoms with Crippen LogP contribution in [0.25, 0.3) is 0 Å². The summed E-state index contributed by atoms with van der Waals surface area (Å²) in [6.07, 6.45) is 6.19. The lowest BCUT2D eigenvalue weighted by Crippen LogP contribution is -2.38. The standard InChI is InChI=1S/C13H18BrNOS/c14-13-8-10-11(2-1-3-12(10)17-13)15-9-4-6-16-7-5-9/h8-9,11,15H,1-7H2. The van der Waals surface area contributed by atoms with Gasteiger partial charge in [0.1, 0.15) is 0 Å². The highest BCUT2D eigenvalue weighted by Gasteiger charge is 2.25. The van der Waals surface area contributed by atoms with Crippen LogP contribution in [-0.4, -0.2) is 19.3 Å². The summed E-state index contributed by atoms with van der Waals surface area (Å²) in [6, 6.07) is 3.54. The smallest absolute Gasteiger partial charge is 0.0704 e. The van der Waals surface area contributed by atoms with Gasteiger partial charge in [0.2, 0.25) is 0 Å². The zero-order valence-corrected chi connectivity index (χ0v) is 12.3. The number of hydrogen-bond acceptors (Lipinski definition) is 3. The second-order valence-electron chi connectivity index (χ2n) is 4.93. The van der Waals surface area contributed by atoms with Crippen LogP contribution in [0.2, 0.25) is 0 Å². The van der Waals surface area contributed by atoms with Crippen molar-refractivity contribution in [2.24, 2.45) is 0 Å². The van der Waals surface area contributed by atoms with Gasteiger partial charge in [0.25, 0.3) is 0 Å². The highest BCUT2D eigenvalue weighted by Crippen LogP contribution is 2.38. The fraction of sp³-hybridized carbons (Fsp3) is 0.692. The molecular weight excluding hydrogens is 298 g/mol. The second-order valence-corrected chi connectivity index (χ2v) is 7.44. The largest absolute Gasteiger partial charge is 0.381 e. The third-order valence-corrected chi connectivity index (χ3v) is 5.46. The van der Waals surface area contributed by atoms with Crippen molar-refractivity contribution in [3.8, 4) is 0 Å². The minimum absolute atomic E-state index is 0.574. The van der Waals surface area contributed by atoms with Crippen molar-refractivity contribution in [2.45, 2.75) is 44.2 Å². The monoisotopic (exact) mass is 315 g/mol. The Morgan fingerprint density at radius 2 is 2.12 bits per heavy atom. The second kappa shape index (κ2) is 5.39. The number of thiophene rings is 1. The number of aryl methyl sites for hydroxylation is 1. The summed E-state index contributed by atoms with van der Waals surface area (Å²) in [5.41, 5.74) is 1.54. The average molecular weight is 316 g/mol. The Kier molecular flexibility index (Phi) is 3.85. The van der Waals surface area contributed by atoms with Crippen molar-refractivity contribution in [2.75, 3.05) is 13.2 Å². The van der Waals surface area contributed by atoms with Crippen molar-refractivity contribution >= 4 is 27.3 Å². The number of nitrogens with one attached hydrogen (secondary N) is 1. The van der Waals surface area contributed by atoms with Crippen molar-refractivity contribution in [3.63, 3.8) is 0 Å². The predicted octanol–water partition coefficient (Wildman–Crippen LogP) is 3.66. The number of fused-ring (bicyclic) bond motifs is 1. The van der Waals surface area contributed by atoms with Crippen LogP contribution in [0.15, 0.2) is 9.85 Å². The van der Waals surface area contributed by atoms with Crippen LogP contribution in [0.4, 0.5) is 0 Å². The average Bonchev–Trinajstić information content (AvgIpc) is 2.72. The van der Waals surface area contributed by atoms with Crippen LogP contribution in [0, 0.1) is 0 Å². The molecule has 1 atom stereocenters. The van der Waals surface area contributed by atoms with E-state index < -0.39 is 0 Å². The van der Waals surface area contributed by atoms with Crippen LogP contribution in [0.3, 0.4) is 0 Å². The molecule has 0 spiro atoms. The Labute approximate surface area is 115 Å². The molecular formula is C13H18BrNOS. The molecule has 0 saturated carbocycles. The maximum absolute atomic E-state index is 5.42. The molecule has 1 aromatic rings. The zero-order chi connectivity index (χ0) is 11.7. The van der Waals surface area contributed by atoms with Crippen molar-refractivity contribution in [1.29, 1.82) is 0 Å². The Balaban J connectivity index is 1.71. The highest BCUT2D eigenvalue weighted by atomic mass is 79.9. The van der Waals surface area contributed by atoms with E-state index in [-0.39, 0.29) is 0 Å². The molecule has 3 rings (SSSR count). The third-order valence-electron chi connectivity index (χ3n) is 3.74. The van der Waals surface area contributed by atoms with Gasteiger partial charge in [-0.15, -0.1) is 11.3 Å². The summed E-state index contributed by atoms with van der Waals surface area (Å²) >= 11 is 5.52. The normalized spacial score (nSPS) is 25.8. The van der Waals surface area contributed by atoms with Crippen molar-refractivity contribution < 1.29 is 4.74 Å². The number of halogens is 1. The summed E-state index contributed by atoms with van der Waals surface area (Å²) in [5.74, 6) is 0. The fourth-order valence-corrected chi connectivity index (χ4v) is 4.66. The molecule has 1 unspecified atom stereocenters. The van der Waals surface area contributed by atoms with Gasteiger partial charge in [-0.25, -0.2) is 0 Å². The van der Waals surface area contributed by atoms with E-state index in [1.165, 1.54) is 23.0 Å². The minimum Gasteiger partial charge on any atom is -0.381 e. The van der Waals surface area contributed by atoms with Crippen LogP contribution in [0.5, 0.6) is 0 Å². The molecule has 1 N–H and O–H groups in total. The van der Waals surface area contributed by atoms with Gasteiger partial charge in [0, 0.05) is 30.2 Å². The Bertz CT molecular complexity index is 387. The molecule has 94 valence electrons. The molecule has 2 heterocycles. The Hall–Kier alpha value is 0.1000. The minimum atomic E-state index is 0.574. The number of ether oxygens (including phenoxy) is 1. The lowest BCUT2D eigenvalue weighted by molar-refractivity contribution is 0.0741. The summed E-state index contributed by atoms with van der Waals surface area (Å²) in [6.45, 7) is 1.84. The summed E-state index contributed by atoms with van der Waals surface area (Å²) < 4.78 is 6.70. The molecule has 1 aliphatic heterocycles. The zero-order valence-electron chi connectivity index (χ0n) is 9.88. The van der Waals surface area contributed by atoms with Gasteiger partial charge in [0.05, 0.1) is 3.79 Å². The molecule has 1 aliphatic carbocycles. The first-order valence-corrected chi connectivity index (χ1v) is 8.06. The first-order chi connectivity index (χ1) is 8.33. The van der Waals surface area contributed by atoms with Gasteiger partial charge >= 0.3 is 0 Å². The lowest BCUT2D eigenvalue weighted by Gasteiger charge is -2.31. The fourth-order valence-electron chi connectivity index (χ4n) is 2.84.